The number of benzene rings is 2. The van der Waals surface area contributed by atoms with Crippen molar-refractivity contribution in [2.45, 2.75) is 12.5 Å². The molecule has 1 aliphatic rings. The molecular formula is C17H15NO2. The monoisotopic (exact) mass is 265 g/mol. The van der Waals surface area contributed by atoms with Crippen LogP contribution in [-0.2, 0) is 9.53 Å². The van der Waals surface area contributed by atoms with Crippen LogP contribution in [0.25, 0.3) is 0 Å². The molecule has 0 saturated carbocycles. The van der Waals surface area contributed by atoms with Crippen molar-refractivity contribution in [3.05, 3.63) is 71.8 Å². The Balaban J connectivity index is 2.04. The van der Waals surface area contributed by atoms with Gasteiger partial charge in [0.25, 0.3) is 0 Å². The summed E-state index contributed by atoms with van der Waals surface area (Å²) in [4.78, 5) is 16.3. The molecule has 3 rings (SSSR count). The summed E-state index contributed by atoms with van der Waals surface area (Å²) < 4.78 is 4.99. The number of aliphatic imine (C=N–C) groups is 1. The van der Waals surface area contributed by atoms with Gasteiger partial charge in [-0.1, -0.05) is 60.7 Å². The van der Waals surface area contributed by atoms with E-state index in [9.17, 15) is 4.79 Å². The molecule has 1 aliphatic heterocycles. The maximum atomic E-state index is 11.6. The summed E-state index contributed by atoms with van der Waals surface area (Å²) in [6.45, 7) is 0.462. The van der Waals surface area contributed by atoms with Crippen LogP contribution in [0, 0.1) is 0 Å². The SMILES string of the molecule is O=C1OCCC1N=C(c1ccccc1)c1ccccc1. The average molecular weight is 265 g/mol. The number of esters is 1. The van der Waals surface area contributed by atoms with Crippen LogP contribution < -0.4 is 0 Å². The Kier molecular flexibility index (Phi) is 3.59. The average Bonchev–Trinajstić information content (AvgIpc) is 2.92. The highest BCUT2D eigenvalue weighted by Crippen LogP contribution is 2.16. The van der Waals surface area contributed by atoms with Crippen LogP contribution in [0.1, 0.15) is 17.5 Å². The van der Waals surface area contributed by atoms with Gasteiger partial charge in [0.05, 0.1) is 12.3 Å². The smallest absolute Gasteiger partial charge is 0.331 e. The highest BCUT2D eigenvalue weighted by atomic mass is 16.5. The fourth-order valence-corrected chi connectivity index (χ4v) is 2.27. The fraction of sp³-hybridized carbons (Fsp3) is 0.176. The molecular weight excluding hydrogens is 250 g/mol. The largest absolute Gasteiger partial charge is 0.464 e. The minimum atomic E-state index is -0.384. The molecule has 1 fully saturated rings. The van der Waals surface area contributed by atoms with Crippen molar-refractivity contribution < 1.29 is 9.53 Å². The van der Waals surface area contributed by atoms with E-state index in [0.29, 0.717) is 13.0 Å². The van der Waals surface area contributed by atoms with E-state index in [0.717, 1.165) is 16.8 Å². The molecule has 0 aromatic heterocycles. The number of hydrogen-bond donors (Lipinski definition) is 0. The number of cyclic esters (lactones) is 1. The summed E-state index contributed by atoms with van der Waals surface area (Å²) in [5, 5.41) is 0. The summed E-state index contributed by atoms with van der Waals surface area (Å²) in [7, 11) is 0. The van der Waals surface area contributed by atoms with E-state index in [1.807, 2.05) is 60.7 Å². The van der Waals surface area contributed by atoms with E-state index in [1.165, 1.54) is 0 Å². The van der Waals surface area contributed by atoms with Gasteiger partial charge in [0.15, 0.2) is 6.04 Å². The molecule has 0 bridgehead atoms. The molecule has 20 heavy (non-hydrogen) atoms. The molecule has 0 aliphatic carbocycles. The lowest BCUT2D eigenvalue weighted by Gasteiger charge is -2.09. The van der Waals surface area contributed by atoms with Gasteiger partial charge in [0, 0.05) is 17.5 Å². The molecule has 1 unspecified atom stereocenters. The first kappa shape index (κ1) is 12.6. The topological polar surface area (TPSA) is 38.7 Å². The van der Waals surface area contributed by atoms with Gasteiger partial charge >= 0.3 is 5.97 Å². The third-order valence-corrected chi connectivity index (χ3v) is 3.29. The fourth-order valence-electron chi connectivity index (χ4n) is 2.27. The van der Waals surface area contributed by atoms with Gasteiger partial charge in [0.2, 0.25) is 0 Å². The number of hydrogen-bond acceptors (Lipinski definition) is 3. The van der Waals surface area contributed by atoms with Crippen LogP contribution in [0.3, 0.4) is 0 Å². The zero-order valence-electron chi connectivity index (χ0n) is 11.0. The first-order valence-corrected chi connectivity index (χ1v) is 6.70. The second kappa shape index (κ2) is 5.70. The van der Waals surface area contributed by atoms with E-state index >= 15 is 0 Å². The van der Waals surface area contributed by atoms with Crippen molar-refractivity contribution >= 4 is 11.7 Å². The van der Waals surface area contributed by atoms with E-state index in [2.05, 4.69) is 4.99 Å². The zero-order valence-corrected chi connectivity index (χ0v) is 11.0. The molecule has 0 spiro atoms. The highest BCUT2D eigenvalue weighted by Gasteiger charge is 2.26. The van der Waals surface area contributed by atoms with Gasteiger partial charge in [-0.25, -0.2) is 4.79 Å². The minimum Gasteiger partial charge on any atom is -0.464 e. The molecule has 0 radical (unpaired) electrons. The summed E-state index contributed by atoms with van der Waals surface area (Å²) in [5.41, 5.74) is 2.87. The zero-order chi connectivity index (χ0) is 13.8. The van der Waals surface area contributed by atoms with Crippen molar-refractivity contribution in [2.24, 2.45) is 4.99 Å². The molecule has 0 amide bonds. The number of rotatable bonds is 3. The predicted molar refractivity (Wildman–Crippen MR) is 77.9 cm³/mol. The molecule has 1 atom stereocenters. The van der Waals surface area contributed by atoms with Gasteiger partial charge in [-0.15, -0.1) is 0 Å². The number of nitrogens with zero attached hydrogens (tertiary/aromatic N) is 1. The Morgan fingerprint density at radius 2 is 1.50 bits per heavy atom. The Morgan fingerprint density at radius 3 is 1.95 bits per heavy atom. The molecule has 1 saturated heterocycles. The number of carbonyl (C=O) groups excluding carboxylic acids is 1. The second-order valence-electron chi connectivity index (χ2n) is 4.68. The third-order valence-electron chi connectivity index (χ3n) is 3.29. The van der Waals surface area contributed by atoms with E-state index in [1.54, 1.807) is 0 Å². The van der Waals surface area contributed by atoms with Crippen molar-refractivity contribution in [2.75, 3.05) is 6.61 Å². The van der Waals surface area contributed by atoms with Crippen LogP contribution in [0.2, 0.25) is 0 Å². The first-order chi connectivity index (χ1) is 9.84. The van der Waals surface area contributed by atoms with E-state index in [-0.39, 0.29) is 12.0 Å². The van der Waals surface area contributed by atoms with E-state index in [4.69, 9.17) is 4.74 Å². The summed E-state index contributed by atoms with van der Waals surface area (Å²) in [6.07, 6.45) is 0.655. The lowest BCUT2D eigenvalue weighted by molar-refractivity contribution is -0.138. The maximum absolute atomic E-state index is 11.6. The quantitative estimate of drug-likeness (QED) is 0.632. The standard InChI is InChI=1S/C17H15NO2/c19-17-15(11-12-20-17)18-16(13-7-3-1-4-8-13)14-9-5-2-6-10-14/h1-10,15H,11-12H2. The second-order valence-corrected chi connectivity index (χ2v) is 4.68. The van der Waals surface area contributed by atoms with Crippen LogP contribution in [0.5, 0.6) is 0 Å². The molecule has 2 aromatic rings. The van der Waals surface area contributed by atoms with Gasteiger partial charge in [0.1, 0.15) is 0 Å². The Labute approximate surface area is 117 Å². The van der Waals surface area contributed by atoms with Gasteiger partial charge in [-0.3, -0.25) is 4.99 Å². The van der Waals surface area contributed by atoms with Crippen LogP contribution >= 0.6 is 0 Å². The Hall–Kier alpha value is -2.42. The molecule has 1 heterocycles. The van der Waals surface area contributed by atoms with E-state index < -0.39 is 0 Å². The molecule has 2 aromatic carbocycles. The van der Waals surface area contributed by atoms with Crippen molar-refractivity contribution in [1.82, 2.24) is 0 Å². The van der Waals surface area contributed by atoms with Crippen LogP contribution in [-0.4, -0.2) is 24.3 Å². The van der Waals surface area contributed by atoms with Crippen molar-refractivity contribution in [3.63, 3.8) is 0 Å². The number of carbonyl (C=O) groups is 1. The third kappa shape index (κ3) is 2.62. The number of ether oxygens (including phenoxy) is 1. The highest BCUT2D eigenvalue weighted by molar-refractivity contribution is 6.13. The first-order valence-electron chi connectivity index (χ1n) is 6.70. The molecule has 0 N–H and O–H groups in total. The van der Waals surface area contributed by atoms with Crippen LogP contribution in [0.4, 0.5) is 0 Å². The van der Waals surface area contributed by atoms with Crippen molar-refractivity contribution in [1.29, 1.82) is 0 Å². The molecule has 3 nitrogen and oxygen atoms in total. The molecule has 100 valence electrons. The van der Waals surface area contributed by atoms with Gasteiger partial charge in [-0.05, 0) is 0 Å². The van der Waals surface area contributed by atoms with Crippen molar-refractivity contribution in [3.8, 4) is 0 Å². The van der Waals surface area contributed by atoms with Gasteiger partial charge < -0.3 is 4.74 Å². The predicted octanol–water partition coefficient (Wildman–Crippen LogP) is 2.84. The summed E-state index contributed by atoms with van der Waals surface area (Å²) in [5.74, 6) is -0.227. The minimum absolute atomic E-state index is 0.227. The van der Waals surface area contributed by atoms with Gasteiger partial charge in [-0.2, -0.15) is 0 Å². The summed E-state index contributed by atoms with van der Waals surface area (Å²) in [6, 6.07) is 19.5. The Morgan fingerprint density at radius 1 is 0.950 bits per heavy atom. The molecule has 3 heteroatoms. The maximum Gasteiger partial charge on any atom is 0.331 e. The lowest BCUT2D eigenvalue weighted by Crippen LogP contribution is -2.16. The lowest BCUT2D eigenvalue weighted by atomic mass is 10.0. The summed E-state index contributed by atoms with van der Waals surface area (Å²) >= 11 is 0. The van der Waals surface area contributed by atoms with Crippen LogP contribution in [0.15, 0.2) is 65.7 Å². The normalized spacial score (nSPS) is 17.6. The Bertz CT molecular complexity index is 578.